The van der Waals surface area contributed by atoms with Crippen LogP contribution < -0.4 is 5.32 Å². The van der Waals surface area contributed by atoms with Crippen LogP contribution in [0.5, 0.6) is 0 Å². The van der Waals surface area contributed by atoms with Gasteiger partial charge in [0.1, 0.15) is 0 Å². The maximum Gasteiger partial charge on any atom is 0.197 e. The second-order valence-corrected chi connectivity index (χ2v) is 8.11. The number of nitrogens with zero attached hydrogens (tertiary/aromatic N) is 2. The molecule has 1 saturated carbocycles. The zero-order valence-corrected chi connectivity index (χ0v) is 15.8. The summed E-state index contributed by atoms with van der Waals surface area (Å²) in [4.78, 5) is 8.96. The number of fused-ring (bicyclic) bond motifs is 1. The number of aliphatic imine (C=N–C) groups is 1. The maximum atomic E-state index is 6.24. The zero-order chi connectivity index (χ0) is 17.4. The first-order valence-electron chi connectivity index (χ1n) is 8.87. The van der Waals surface area contributed by atoms with E-state index in [0.717, 1.165) is 23.8 Å². The fourth-order valence-corrected chi connectivity index (χ4v) is 4.45. The minimum Gasteiger partial charge on any atom is -0.483 e. The van der Waals surface area contributed by atoms with Crippen LogP contribution in [0.1, 0.15) is 32.4 Å². The van der Waals surface area contributed by atoms with Crippen molar-refractivity contribution in [3.05, 3.63) is 34.5 Å². The van der Waals surface area contributed by atoms with Gasteiger partial charge in [-0.05, 0) is 35.3 Å². The minimum absolute atomic E-state index is 0.0660. The van der Waals surface area contributed by atoms with Gasteiger partial charge in [-0.3, -0.25) is 5.32 Å². The Bertz CT molecular complexity index is 725. The van der Waals surface area contributed by atoms with Crippen molar-refractivity contribution < 1.29 is 9.47 Å². The quantitative estimate of drug-likeness (QED) is 0.898. The van der Waals surface area contributed by atoms with E-state index in [1.807, 2.05) is 5.51 Å². The van der Waals surface area contributed by atoms with E-state index >= 15 is 0 Å². The van der Waals surface area contributed by atoms with E-state index in [1.54, 1.807) is 18.4 Å². The molecule has 2 aliphatic carbocycles. The minimum atomic E-state index is -0.0660. The molecule has 3 aliphatic rings. The number of ether oxygens (including phenoxy) is 2. The number of hydrogen-bond donors (Lipinski definition) is 1. The van der Waals surface area contributed by atoms with Gasteiger partial charge in [-0.25, -0.2) is 9.98 Å². The Kier molecular flexibility index (Phi) is 4.41. The number of nitrogens with one attached hydrogen (secondary N) is 1. The third-order valence-corrected chi connectivity index (χ3v) is 6.09. The second-order valence-electron chi connectivity index (χ2n) is 7.39. The molecule has 2 heterocycles. The second kappa shape index (κ2) is 6.57. The lowest BCUT2D eigenvalue weighted by atomic mass is 9.87. The molecule has 1 aliphatic heterocycles. The summed E-state index contributed by atoms with van der Waals surface area (Å²) in [5.41, 5.74) is 4.71. The van der Waals surface area contributed by atoms with Crippen molar-refractivity contribution in [2.75, 3.05) is 20.2 Å². The molecular formula is C19H25N3O2S. The number of methoxy groups -OCH3 is 1. The lowest BCUT2D eigenvalue weighted by Crippen LogP contribution is -2.42. The molecule has 1 aromatic heterocycles. The van der Waals surface area contributed by atoms with E-state index in [-0.39, 0.29) is 11.6 Å². The van der Waals surface area contributed by atoms with Gasteiger partial charge < -0.3 is 9.47 Å². The van der Waals surface area contributed by atoms with Crippen LogP contribution in [0.2, 0.25) is 0 Å². The highest BCUT2D eigenvalue weighted by Crippen LogP contribution is 2.63. The Hall–Kier alpha value is -1.66. The van der Waals surface area contributed by atoms with Crippen LogP contribution in [0.25, 0.3) is 5.57 Å². The molecule has 4 atom stereocenters. The van der Waals surface area contributed by atoms with Crippen molar-refractivity contribution in [3.8, 4) is 0 Å². The van der Waals surface area contributed by atoms with Crippen LogP contribution in [0, 0.1) is 17.3 Å². The van der Waals surface area contributed by atoms with Gasteiger partial charge in [-0.2, -0.15) is 0 Å². The number of rotatable bonds is 3. The van der Waals surface area contributed by atoms with Crippen molar-refractivity contribution in [2.24, 2.45) is 22.2 Å². The largest absolute Gasteiger partial charge is 0.483 e. The van der Waals surface area contributed by atoms with E-state index in [2.05, 4.69) is 46.7 Å². The summed E-state index contributed by atoms with van der Waals surface area (Å²) in [5.74, 6) is 2.78. The first-order chi connectivity index (χ1) is 12.1. The van der Waals surface area contributed by atoms with E-state index in [9.17, 15) is 0 Å². The average molecular weight is 359 g/mol. The highest BCUT2D eigenvalue weighted by Gasteiger charge is 2.54. The zero-order valence-electron chi connectivity index (χ0n) is 15.0. The van der Waals surface area contributed by atoms with E-state index < -0.39 is 0 Å². The smallest absolute Gasteiger partial charge is 0.197 e. The van der Waals surface area contributed by atoms with Crippen LogP contribution >= 0.6 is 11.3 Å². The van der Waals surface area contributed by atoms with Crippen LogP contribution in [-0.4, -0.2) is 37.3 Å². The normalized spacial score (nSPS) is 34.7. The molecule has 1 fully saturated rings. The summed E-state index contributed by atoms with van der Waals surface area (Å²) in [7, 11) is 1.65. The monoisotopic (exact) mass is 359 g/mol. The fourth-order valence-electron chi connectivity index (χ4n) is 3.90. The SMILES string of the molecule is COC1=NCC(OC2=CC(C)C=C(c3cscn3)C3(C)CC3C2)NC1. The molecule has 0 bridgehead atoms. The fraction of sp³-hybridized carbons (Fsp3) is 0.579. The predicted octanol–water partition coefficient (Wildman–Crippen LogP) is 3.47. The van der Waals surface area contributed by atoms with Crippen molar-refractivity contribution >= 4 is 22.8 Å². The van der Waals surface area contributed by atoms with Crippen molar-refractivity contribution in [2.45, 2.75) is 32.9 Å². The van der Waals surface area contributed by atoms with Gasteiger partial charge in [0.05, 0.1) is 37.2 Å². The molecular weight excluding hydrogens is 334 g/mol. The van der Waals surface area contributed by atoms with Gasteiger partial charge in [-0.15, -0.1) is 11.3 Å². The summed E-state index contributed by atoms with van der Waals surface area (Å²) in [6.45, 7) is 5.81. The van der Waals surface area contributed by atoms with Crippen molar-refractivity contribution in [1.29, 1.82) is 0 Å². The Balaban J connectivity index is 1.52. The van der Waals surface area contributed by atoms with Crippen LogP contribution in [0.15, 0.2) is 33.8 Å². The molecule has 1 aromatic rings. The summed E-state index contributed by atoms with van der Waals surface area (Å²) < 4.78 is 11.4. The van der Waals surface area contributed by atoms with Gasteiger partial charge in [0, 0.05) is 11.8 Å². The highest BCUT2D eigenvalue weighted by molar-refractivity contribution is 7.07. The molecule has 0 aromatic carbocycles. The molecule has 4 unspecified atom stereocenters. The third-order valence-electron chi connectivity index (χ3n) is 5.50. The number of hydrogen-bond acceptors (Lipinski definition) is 6. The first kappa shape index (κ1) is 16.8. The molecule has 25 heavy (non-hydrogen) atoms. The first-order valence-corrected chi connectivity index (χ1v) is 9.81. The van der Waals surface area contributed by atoms with Gasteiger partial charge in [0.25, 0.3) is 0 Å². The summed E-state index contributed by atoms with van der Waals surface area (Å²) in [6.07, 6.45) is 6.74. The van der Waals surface area contributed by atoms with Gasteiger partial charge >= 0.3 is 0 Å². The molecule has 5 nitrogen and oxygen atoms in total. The molecule has 1 N–H and O–H groups in total. The average Bonchev–Trinajstić information content (AvgIpc) is 3.01. The highest BCUT2D eigenvalue weighted by atomic mass is 32.1. The summed E-state index contributed by atoms with van der Waals surface area (Å²) >= 11 is 1.67. The summed E-state index contributed by atoms with van der Waals surface area (Å²) in [5, 5.41) is 5.51. The maximum absolute atomic E-state index is 6.24. The van der Waals surface area contributed by atoms with Crippen LogP contribution in [0.3, 0.4) is 0 Å². The topological polar surface area (TPSA) is 55.7 Å². The lowest BCUT2D eigenvalue weighted by molar-refractivity contribution is 0.0816. The van der Waals surface area contributed by atoms with E-state index in [1.165, 1.54) is 12.0 Å². The Morgan fingerprint density at radius 1 is 1.36 bits per heavy atom. The van der Waals surface area contributed by atoms with Crippen molar-refractivity contribution in [3.63, 3.8) is 0 Å². The third kappa shape index (κ3) is 3.37. The molecule has 0 spiro atoms. The predicted molar refractivity (Wildman–Crippen MR) is 100 cm³/mol. The van der Waals surface area contributed by atoms with E-state index in [4.69, 9.17) is 9.47 Å². The number of thiazole rings is 1. The van der Waals surface area contributed by atoms with Gasteiger partial charge in [0.15, 0.2) is 12.1 Å². The standard InChI is InChI=1S/C19H25N3O2S/c1-12-4-14(24-18-9-20-17(23-3)8-21-18)6-13-7-19(13,2)15(5-12)16-10-25-11-22-16/h4-5,10-13,18,21H,6-9H2,1-3H3. The molecule has 4 rings (SSSR count). The lowest BCUT2D eigenvalue weighted by Gasteiger charge is -2.27. The Morgan fingerprint density at radius 2 is 2.24 bits per heavy atom. The van der Waals surface area contributed by atoms with Crippen LogP contribution in [0.4, 0.5) is 0 Å². The van der Waals surface area contributed by atoms with Gasteiger partial charge in [-0.1, -0.05) is 19.9 Å². The summed E-state index contributed by atoms with van der Waals surface area (Å²) in [6, 6.07) is 0. The number of allylic oxidation sites excluding steroid dienone is 4. The molecule has 0 saturated heterocycles. The van der Waals surface area contributed by atoms with E-state index in [0.29, 0.717) is 24.9 Å². The Morgan fingerprint density at radius 3 is 2.92 bits per heavy atom. The van der Waals surface area contributed by atoms with Gasteiger partial charge in [0.2, 0.25) is 0 Å². The number of aromatic nitrogens is 1. The molecule has 134 valence electrons. The molecule has 6 heteroatoms. The van der Waals surface area contributed by atoms with Crippen molar-refractivity contribution in [1.82, 2.24) is 10.3 Å². The Labute approximate surface area is 152 Å². The molecule has 0 amide bonds. The van der Waals surface area contributed by atoms with Crippen LogP contribution in [-0.2, 0) is 9.47 Å². The molecule has 0 radical (unpaired) electrons.